The quantitative estimate of drug-likeness (QED) is 0.693. The molecule has 1 aliphatic heterocycles. The number of halogens is 3. The lowest BCUT2D eigenvalue weighted by atomic mass is 10.1. The number of anilines is 1. The van der Waals surface area contributed by atoms with Crippen LogP contribution in [0.1, 0.15) is 23.7 Å². The van der Waals surface area contributed by atoms with Crippen LogP contribution in [0, 0.1) is 5.92 Å². The maximum atomic E-state index is 12.5. The van der Waals surface area contributed by atoms with Crippen LogP contribution in [0.3, 0.4) is 0 Å². The SMILES string of the molecule is C=CC(=O)N1CCN(c2cnc3[nH]cc(C(=O)NC[C@H](C)CC(F)(F)F)c3n2)CC1. The molecule has 2 aromatic rings. The molecule has 3 heterocycles. The number of H-pyrrole nitrogens is 1. The first kappa shape index (κ1) is 21.6. The molecule has 1 aliphatic rings. The van der Waals surface area contributed by atoms with Crippen molar-refractivity contribution in [1.82, 2.24) is 25.2 Å². The second-order valence-electron chi connectivity index (χ2n) is 7.28. The fraction of sp³-hybridized carbons (Fsp3) is 0.474. The minimum atomic E-state index is -4.27. The molecule has 0 unspecified atom stereocenters. The Kier molecular flexibility index (Phi) is 6.28. The van der Waals surface area contributed by atoms with Crippen molar-refractivity contribution in [1.29, 1.82) is 0 Å². The van der Waals surface area contributed by atoms with E-state index in [2.05, 4.69) is 26.8 Å². The van der Waals surface area contributed by atoms with E-state index < -0.39 is 24.4 Å². The van der Waals surface area contributed by atoms with Crippen LogP contribution in [0.4, 0.5) is 19.0 Å². The molecule has 0 spiro atoms. The van der Waals surface area contributed by atoms with Gasteiger partial charge in [0.15, 0.2) is 5.65 Å². The summed E-state index contributed by atoms with van der Waals surface area (Å²) < 4.78 is 37.4. The molecule has 0 bridgehead atoms. The molecule has 30 heavy (non-hydrogen) atoms. The second kappa shape index (κ2) is 8.72. The summed E-state index contributed by atoms with van der Waals surface area (Å²) >= 11 is 0. The second-order valence-corrected chi connectivity index (χ2v) is 7.28. The average molecular weight is 424 g/mol. The van der Waals surface area contributed by atoms with Crippen LogP contribution in [0.15, 0.2) is 25.0 Å². The molecule has 0 aliphatic carbocycles. The topological polar surface area (TPSA) is 94.2 Å². The van der Waals surface area contributed by atoms with Crippen molar-refractivity contribution in [3.63, 3.8) is 0 Å². The summed E-state index contributed by atoms with van der Waals surface area (Å²) in [6, 6.07) is 0. The van der Waals surface area contributed by atoms with Crippen LogP contribution in [0.25, 0.3) is 11.2 Å². The normalized spacial score (nSPS) is 15.9. The fourth-order valence-electron chi connectivity index (χ4n) is 3.32. The van der Waals surface area contributed by atoms with Gasteiger partial charge in [-0.3, -0.25) is 9.59 Å². The number of hydrogen-bond acceptors (Lipinski definition) is 5. The van der Waals surface area contributed by atoms with E-state index in [0.717, 1.165) is 0 Å². The zero-order valence-corrected chi connectivity index (χ0v) is 16.5. The number of piperazine rings is 1. The summed E-state index contributed by atoms with van der Waals surface area (Å²) in [5.74, 6) is -0.814. The molecule has 0 radical (unpaired) electrons. The fourth-order valence-corrected chi connectivity index (χ4v) is 3.32. The smallest absolute Gasteiger partial charge is 0.352 e. The lowest BCUT2D eigenvalue weighted by Crippen LogP contribution is -2.48. The van der Waals surface area contributed by atoms with Crippen molar-refractivity contribution >= 4 is 28.8 Å². The largest absolute Gasteiger partial charge is 0.389 e. The molecule has 162 valence electrons. The summed E-state index contributed by atoms with van der Waals surface area (Å²) in [7, 11) is 0. The lowest BCUT2D eigenvalue weighted by Gasteiger charge is -2.34. The number of nitrogens with one attached hydrogen (secondary N) is 2. The number of hydrogen-bond donors (Lipinski definition) is 2. The van der Waals surface area contributed by atoms with Gasteiger partial charge < -0.3 is 20.1 Å². The summed E-state index contributed by atoms with van der Waals surface area (Å²) in [5, 5.41) is 2.53. The zero-order valence-electron chi connectivity index (χ0n) is 16.5. The van der Waals surface area contributed by atoms with Crippen LogP contribution in [0.2, 0.25) is 0 Å². The number of fused-ring (bicyclic) bond motifs is 1. The Balaban J connectivity index is 1.68. The third-order valence-corrected chi connectivity index (χ3v) is 4.89. The van der Waals surface area contributed by atoms with E-state index in [0.29, 0.717) is 43.2 Å². The van der Waals surface area contributed by atoms with E-state index in [1.165, 1.54) is 19.2 Å². The Labute approximate surface area is 171 Å². The van der Waals surface area contributed by atoms with Gasteiger partial charge in [0, 0.05) is 45.3 Å². The first-order chi connectivity index (χ1) is 14.2. The summed E-state index contributed by atoms with van der Waals surface area (Å²) in [6.07, 6.45) is -0.936. The summed E-state index contributed by atoms with van der Waals surface area (Å²) in [4.78, 5) is 39.5. The molecule has 8 nitrogen and oxygen atoms in total. The number of nitrogens with zero attached hydrogens (tertiary/aromatic N) is 4. The molecule has 1 saturated heterocycles. The van der Waals surface area contributed by atoms with Gasteiger partial charge in [0.25, 0.3) is 5.91 Å². The first-order valence-electron chi connectivity index (χ1n) is 9.53. The molecule has 0 saturated carbocycles. The van der Waals surface area contributed by atoms with Gasteiger partial charge in [-0.05, 0) is 12.0 Å². The first-order valence-corrected chi connectivity index (χ1v) is 9.53. The van der Waals surface area contributed by atoms with E-state index >= 15 is 0 Å². The van der Waals surface area contributed by atoms with Crippen molar-refractivity contribution in [3.05, 3.63) is 30.6 Å². The predicted octanol–water partition coefficient (Wildman–Crippen LogP) is 2.11. The molecule has 3 rings (SSSR count). The average Bonchev–Trinajstić information content (AvgIpc) is 3.13. The van der Waals surface area contributed by atoms with Crippen molar-refractivity contribution < 1.29 is 22.8 Å². The van der Waals surface area contributed by atoms with Gasteiger partial charge >= 0.3 is 6.18 Å². The maximum absolute atomic E-state index is 12.5. The van der Waals surface area contributed by atoms with Gasteiger partial charge in [0.05, 0.1) is 11.8 Å². The molecule has 2 N–H and O–H groups in total. The van der Waals surface area contributed by atoms with Gasteiger partial charge in [-0.2, -0.15) is 13.2 Å². The minimum absolute atomic E-state index is 0.0998. The molecule has 1 atom stereocenters. The van der Waals surface area contributed by atoms with Crippen LogP contribution >= 0.6 is 0 Å². The summed E-state index contributed by atoms with van der Waals surface area (Å²) in [6.45, 7) is 6.96. The van der Waals surface area contributed by atoms with Gasteiger partial charge in [-0.15, -0.1) is 0 Å². The number of aromatic nitrogens is 3. The number of aromatic amines is 1. The Bertz CT molecular complexity index is 934. The van der Waals surface area contributed by atoms with Crippen LogP contribution in [0.5, 0.6) is 0 Å². The molecular weight excluding hydrogens is 401 g/mol. The number of carbonyl (C=O) groups excluding carboxylic acids is 2. The highest BCUT2D eigenvalue weighted by molar-refractivity contribution is 6.04. The Hall–Kier alpha value is -3.11. The van der Waals surface area contributed by atoms with E-state index in [1.807, 2.05) is 4.90 Å². The molecule has 2 aromatic heterocycles. The summed E-state index contributed by atoms with van der Waals surface area (Å²) in [5.41, 5.74) is 0.977. The van der Waals surface area contributed by atoms with Gasteiger partial charge in [-0.1, -0.05) is 13.5 Å². The van der Waals surface area contributed by atoms with Crippen LogP contribution in [-0.4, -0.2) is 70.6 Å². The Morgan fingerprint density at radius 1 is 1.33 bits per heavy atom. The Morgan fingerprint density at radius 2 is 2.03 bits per heavy atom. The van der Waals surface area contributed by atoms with Gasteiger partial charge in [0.2, 0.25) is 5.91 Å². The van der Waals surface area contributed by atoms with Gasteiger partial charge in [-0.25, -0.2) is 9.97 Å². The Morgan fingerprint density at radius 3 is 2.67 bits per heavy atom. The highest BCUT2D eigenvalue weighted by atomic mass is 19.4. The number of alkyl halides is 3. The highest BCUT2D eigenvalue weighted by Crippen LogP contribution is 2.24. The van der Waals surface area contributed by atoms with Crippen LogP contribution in [-0.2, 0) is 4.79 Å². The lowest BCUT2D eigenvalue weighted by molar-refractivity contribution is -0.142. The monoisotopic (exact) mass is 424 g/mol. The molecule has 1 fully saturated rings. The number of rotatable bonds is 6. The van der Waals surface area contributed by atoms with Crippen molar-refractivity contribution in [2.24, 2.45) is 5.92 Å². The van der Waals surface area contributed by atoms with E-state index in [4.69, 9.17) is 0 Å². The van der Waals surface area contributed by atoms with E-state index in [-0.39, 0.29) is 18.0 Å². The third kappa shape index (κ3) is 5.08. The van der Waals surface area contributed by atoms with Crippen LogP contribution < -0.4 is 10.2 Å². The van der Waals surface area contributed by atoms with Crippen molar-refractivity contribution in [3.8, 4) is 0 Å². The molecule has 0 aromatic carbocycles. The van der Waals surface area contributed by atoms with E-state index in [1.54, 1.807) is 11.1 Å². The highest BCUT2D eigenvalue weighted by Gasteiger charge is 2.30. The van der Waals surface area contributed by atoms with Crippen molar-refractivity contribution in [2.75, 3.05) is 37.6 Å². The number of amides is 2. The van der Waals surface area contributed by atoms with E-state index in [9.17, 15) is 22.8 Å². The zero-order chi connectivity index (χ0) is 21.9. The third-order valence-electron chi connectivity index (χ3n) is 4.89. The maximum Gasteiger partial charge on any atom is 0.389 e. The number of carbonyl (C=O) groups is 2. The van der Waals surface area contributed by atoms with Gasteiger partial charge in [0.1, 0.15) is 11.3 Å². The standard InChI is InChI=1S/C19H23F3N6O2/c1-3-15(29)28-6-4-27(5-7-28)14-11-24-17-16(26-14)13(10-23-17)18(30)25-9-12(2)8-19(20,21)22/h3,10-12H,1,4-9H2,2H3,(H,23,24)(H,25,30)/t12-/m1/s1. The molecule has 11 heteroatoms. The minimum Gasteiger partial charge on any atom is -0.352 e. The molecular formula is C19H23F3N6O2. The van der Waals surface area contributed by atoms with Crippen molar-refractivity contribution in [2.45, 2.75) is 19.5 Å². The predicted molar refractivity (Wildman–Crippen MR) is 105 cm³/mol. The molecule has 2 amide bonds.